The van der Waals surface area contributed by atoms with Crippen molar-refractivity contribution in [3.05, 3.63) is 68.9 Å². The van der Waals surface area contributed by atoms with Gasteiger partial charge in [-0.15, -0.1) is 0 Å². The van der Waals surface area contributed by atoms with Crippen molar-refractivity contribution in [1.82, 2.24) is 0 Å². The largest absolute Gasteiger partial charge is 0.388 e. The molecule has 0 saturated carbocycles. The molecule has 0 aliphatic heterocycles. The first-order valence-electron chi connectivity index (χ1n) is 6.12. The molecule has 0 spiro atoms. The van der Waals surface area contributed by atoms with Crippen LogP contribution < -0.4 is 5.73 Å². The number of rotatable bonds is 4. The number of hydrogen-bond donors (Lipinski definition) is 2. The second-order valence-corrected chi connectivity index (χ2v) is 5.72. The van der Waals surface area contributed by atoms with Gasteiger partial charge in [-0.05, 0) is 39.7 Å². The Hall–Kier alpha value is -0.940. The monoisotopic (exact) mass is 357 g/mol. The van der Waals surface area contributed by atoms with Crippen molar-refractivity contribution in [2.75, 3.05) is 6.54 Å². The lowest BCUT2D eigenvalue weighted by molar-refractivity contribution is 0.147. The second-order valence-electron chi connectivity index (χ2n) is 4.49. The molecule has 20 heavy (non-hydrogen) atoms. The van der Waals surface area contributed by atoms with E-state index in [-0.39, 0.29) is 12.4 Å². The van der Waals surface area contributed by atoms with E-state index in [1.54, 1.807) is 30.3 Å². The molecule has 0 bridgehead atoms. The second kappa shape index (κ2) is 6.68. The summed E-state index contributed by atoms with van der Waals surface area (Å²) in [4.78, 5) is 0. The first-order chi connectivity index (χ1) is 9.54. The highest BCUT2D eigenvalue weighted by Gasteiger charge is 2.24. The number of halogens is 3. The van der Waals surface area contributed by atoms with Crippen LogP contribution in [0.15, 0.2) is 46.9 Å². The van der Waals surface area contributed by atoms with Gasteiger partial charge in [0.1, 0.15) is 5.82 Å². The Kier molecular flexibility index (Phi) is 5.16. The van der Waals surface area contributed by atoms with Gasteiger partial charge >= 0.3 is 0 Å². The van der Waals surface area contributed by atoms with E-state index in [1.165, 1.54) is 12.1 Å². The van der Waals surface area contributed by atoms with E-state index in [4.69, 9.17) is 17.3 Å². The Balaban J connectivity index is 2.39. The maximum Gasteiger partial charge on any atom is 0.123 e. The van der Waals surface area contributed by atoms with E-state index in [0.717, 1.165) is 0 Å². The van der Waals surface area contributed by atoms with Gasteiger partial charge < -0.3 is 10.8 Å². The Morgan fingerprint density at radius 2 is 1.95 bits per heavy atom. The Morgan fingerprint density at radius 3 is 2.60 bits per heavy atom. The van der Waals surface area contributed by atoms with Gasteiger partial charge in [0.05, 0.1) is 11.1 Å². The van der Waals surface area contributed by atoms with Crippen LogP contribution in [0.25, 0.3) is 0 Å². The standard InChI is InChI=1S/C15H14BrClFNO/c16-13-6-2-5-11(14(13)17)15(20)12(8-19)9-3-1-4-10(18)7-9/h1-7,12,15,20H,8,19H2. The van der Waals surface area contributed by atoms with Crippen LogP contribution in [0.1, 0.15) is 23.1 Å². The number of aliphatic hydroxyl groups is 1. The topological polar surface area (TPSA) is 46.2 Å². The Morgan fingerprint density at radius 1 is 1.25 bits per heavy atom. The first kappa shape index (κ1) is 15.4. The molecular weight excluding hydrogens is 345 g/mol. The van der Waals surface area contributed by atoms with E-state index < -0.39 is 12.0 Å². The maximum atomic E-state index is 13.3. The third kappa shape index (κ3) is 3.20. The smallest absolute Gasteiger partial charge is 0.123 e. The minimum absolute atomic E-state index is 0.188. The molecule has 2 aromatic carbocycles. The van der Waals surface area contributed by atoms with Crippen LogP contribution in [0.5, 0.6) is 0 Å². The van der Waals surface area contributed by atoms with Gasteiger partial charge in [-0.3, -0.25) is 0 Å². The summed E-state index contributed by atoms with van der Waals surface area (Å²) in [6, 6.07) is 11.4. The van der Waals surface area contributed by atoms with Gasteiger partial charge in [-0.25, -0.2) is 4.39 Å². The summed E-state index contributed by atoms with van der Waals surface area (Å²) in [5.41, 5.74) is 6.96. The summed E-state index contributed by atoms with van der Waals surface area (Å²) in [6.07, 6.45) is -0.896. The average Bonchev–Trinajstić information content (AvgIpc) is 2.42. The van der Waals surface area contributed by atoms with Gasteiger partial charge in [0, 0.05) is 22.5 Å². The van der Waals surface area contributed by atoms with Crippen LogP contribution in [0, 0.1) is 5.82 Å². The van der Waals surface area contributed by atoms with Crippen molar-refractivity contribution < 1.29 is 9.50 Å². The summed E-state index contributed by atoms with van der Waals surface area (Å²) in [6.45, 7) is 0.188. The lowest BCUT2D eigenvalue weighted by Gasteiger charge is -2.23. The Bertz CT molecular complexity index is 608. The third-order valence-corrected chi connectivity index (χ3v) is 4.52. The molecule has 5 heteroatoms. The van der Waals surface area contributed by atoms with E-state index >= 15 is 0 Å². The van der Waals surface area contributed by atoms with Crippen molar-refractivity contribution in [2.24, 2.45) is 5.73 Å². The molecule has 0 aliphatic rings. The molecule has 0 radical (unpaired) electrons. The van der Waals surface area contributed by atoms with Crippen molar-refractivity contribution in [2.45, 2.75) is 12.0 Å². The summed E-state index contributed by atoms with van der Waals surface area (Å²) in [5, 5.41) is 11.0. The fraction of sp³-hybridized carbons (Fsp3) is 0.200. The van der Waals surface area contributed by atoms with Gasteiger partial charge in [0.15, 0.2) is 0 Å². The van der Waals surface area contributed by atoms with Crippen molar-refractivity contribution in [3.8, 4) is 0 Å². The minimum atomic E-state index is -0.896. The van der Waals surface area contributed by atoms with Gasteiger partial charge in [0.25, 0.3) is 0 Å². The molecule has 2 nitrogen and oxygen atoms in total. The average molecular weight is 359 g/mol. The SMILES string of the molecule is NCC(c1cccc(F)c1)C(O)c1cccc(Br)c1Cl. The highest BCUT2D eigenvalue weighted by Crippen LogP contribution is 2.37. The predicted molar refractivity (Wildman–Crippen MR) is 82.3 cm³/mol. The zero-order valence-electron chi connectivity index (χ0n) is 10.6. The quantitative estimate of drug-likeness (QED) is 0.867. The third-order valence-electron chi connectivity index (χ3n) is 3.21. The van der Waals surface area contributed by atoms with E-state index in [1.807, 2.05) is 0 Å². The lowest BCUT2D eigenvalue weighted by atomic mass is 9.89. The summed E-state index contributed by atoms with van der Waals surface area (Å²) in [7, 11) is 0. The summed E-state index contributed by atoms with van der Waals surface area (Å²) >= 11 is 9.51. The van der Waals surface area contributed by atoms with Crippen LogP contribution in [-0.2, 0) is 0 Å². The zero-order chi connectivity index (χ0) is 14.7. The van der Waals surface area contributed by atoms with Gasteiger partial charge in [-0.2, -0.15) is 0 Å². The highest BCUT2D eigenvalue weighted by atomic mass is 79.9. The summed E-state index contributed by atoms with van der Waals surface area (Å²) < 4.78 is 14.0. The number of aliphatic hydroxyl groups excluding tert-OH is 1. The first-order valence-corrected chi connectivity index (χ1v) is 7.29. The number of hydrogen-bond acceptors (Lipinski definition) is 2. The normalized spacial score (nSPS) is 14.1. The van der Waals surface area contributed by atoms with Crippen LogP contribution in [-0.4, -0.2) is 11.7 Å². The fourth-order valence-electron chi connectivity index (χ4n) is 2.15. The fourth-order valence-corrected chi connectivity index (χ4v) is 2.77. The van der Waals surface area contributed by atoms with Crippen molar-refractivity contribution in [3.63, 3.8) is 0 Å². The van der Waals surface area contributed by atoms with Gasteiger partial charge in [-0.1, -0.05) is 35.9 Å². The maximum absolute atomic E-state index is 13.3. The molecule has 2 rings (SSSR count). The zero-order valence-corrected chi connectivity index (χ0v) is 12.9. The molecule has 0 aromatic heterocycles. The molecule has 0 heterocycles. The van der Waals surface area contributed by atoms with Gasteiger partial charge in [0.2, 0.25) is 0 Å². The van der Waals surface area contributed by atoms with E-state index in [9.17, 15) is 9.50 Å². The van der Waals surface area contributed by atoms with Crippen LogP contribution in [0.2, 0.25) is 5.02 Å². The summed E-state index contributed by atoms with van der Waals surface area (Å²) in [5.74, 6) is -0.772. The van der Waals surface area contributed by atoms with E-state index in [0.29, 0.717) is 20.6 Å². The molecular formula is C15H14BrClFNO. The molecule has 0 fully saturated rings. The molecule has 0 amide bonds. The lowest BCUT2D eigenvalue weighted by Crippen LogP contribution is -2.20. The minimum Gasteiger partial charge on any atom is -0.388 e. The molecule has 2 unspecified atom stereocenters. The molecule has 106 valence electrons. The number of nitrogens with two attached hydrogens (primary N) is 1. The number of benzene rings is 2. The predicted octanol–water partition coefficient (Wildman–Crippen LogP) is 4.02. The molecule has 0 aliphatic carbocycles. The molecule has 2 atom stereocenters. The van der Waals surface area contributed by atoms with Crippen molar-refractivity contribution in [1.29, 1.82) is 0 Å². The van der Waals surface area contributed by atoms with Crippen LogP contribution in [0.4, 0.5) is 4.39 Å². The highest BCUT2D eigenvalue weighted by molar-refractivity contribution is 9.10. The molecule has 3 N–H and O–H groups in total. The Labute approximate surface area is 130 Å². The van der Waals surface area contributed by atoms with E-state index in [2.05, 4.69) is 15.9 Å². The molecule has 2 aromatic rings. The van der Waals surface area contributed by atoms with Crippen LogP contribution >= 0.6 is 27.5 Å². The van der Waals surface area contributed by atoms with Crippen molar-refractivity contribution >= 4 is 27.5 Å². The van der Waals surface area contributed by atoms with Crippen LogP contribution in [0.3, 0.4) is 0 Å². The molecule has 0 saturated heterocycles.